The SMILES string of the molecule is Cn1ccc(S(=O)(=O)N2CC(O)C(O)C2)c1. The van der Waals surface area contributed by atoms with Crippen molar-refractivity contribution in [3.63, 3.8) is 0 Å². The van der Waals surface area contributed by atoms with Gasteiger partial charge in [-0.25, -0.2) is 8.42 Å². The van der Waals surface area contributed by atoms with E-state index in [9.17, 15) is 18.6 Å². The minimum atomic E-state index is -3.59. The summed E-state index contributed by atoms with van der Waals surface area (Å²) >= 11 is 0. The Balaban J connectivity index is 2.27. The summed E-state index contributed by atoms with van der Waals surface area (Å²) in [6.07, 6.45) is 1.12. The topological polar surface area (TPSA) is 82.8 Å². The lowest BCUT2D eigenvalue weighted by atomic mass is 10.3. The molecule has 6 nitrogen and oxygen atoms in total. The normalized spacial score (nSPS) is 27.4. The van der Waals surface area contributed by atoms with E-state index in [1.165, 1.54) is 12.3 Å². The quantitative estimate of drug-likeness (QED) is 0.683. The molecule has 1 aromatic rings. The number of aryl methyl sites for hydroxylation is 1. The molecule has 2 heterocycles. The minimum Gasteiger partial charge on any atom is -0.389 e. The van der Waals surface area contributed by atoms with Gasteiger partial charge in [-0.15, -0.1) is 0 Å². The zero-order valence-electron chi connectivity index (χ0n) is 8.81. The lowest BCUT2D eigenvalue weighted by Gasteiger charge is -2.13. The maximum atomic E-state index is 12.0. The van der Waals surface area contributed by atoms with Crippen LogP contribution in [0.1, 0.15) is 0 Å². The molecule has 2 N–H and O–H groups in total. The Morgan fingerprint density at radius 1 is 1.31 bits per heavy atom. The zero-order valence-corrected chi connectivity index (χ0v) is 9.63. The van der Waals surface area contributed by atoms with Gasteiger partial charge in [0.2, 0.25) is 10.0 Å². The fourth-order valence-corrected chi connectivity index (χ4v) is 3.24. The highest BCUT2D eigenvalue weighted by Gasteiger charge is 2.37. The number of aliphatic hydroxyl groups excluding tert-OH is 2. The van der Waals surface area contributed by atoms with Crippen LogP contribution in [0.15, 0.2) is 23.4 Å². The third-order valence-corrected chi connectivity index (χ3v) is 4.48. The Labute approximate surface area is 93.8 Å². The molecule has 2 unspecified atom stereocenters. The number of hydrogen-bond donors (Lipinski definition) is 2. The number of β-amino-alcohol motifs (C(OH)–C–C–N with tert-alkyl or cyclic N) is 2. The van der Waals surface area contributed by atoms with E-state index >= 15 is 0 Å². The van der Waals surface area contributed by atoms with Crippen LogP contribution in [0.2, 0.25) is 0 Å². The van der Waals surface area contributed by atoms with Crippen LogP contribution < -0.4 is 0 Å². The van der Waals surface area contributed by atoms with E-state index in [0.717, 1.165) is 4.31 Å². The largest absolute Gasteiger partial charge is 0.389 e. The van der Waals surface area contributed by atoms with Gasteiger partial charge < -0.3 is 14.8 Å². The molecule has 0 aromatic carbocycles. The molecule has 0 spiro atoms. The third-order valence-electron chi connectivity index (χ3n) is 2.67. The second kappa shape index (κ2) is 3.85. The molecule has 1 aliphatic rings. The van der Waals surface area contributed by atoms with Crippen LogP contribution in [-0.2, 0) is 17.1 Å². The first-order valence-electron chi connectivity index (χ1n) is 4.89. The van der Waals surface area contributed by atoms with Crippen LogP contribution in [0, 0.1) is 0 Å². The van der Waals surface area contributed by atoms with Crippen molar-refractivity contribution >= 4 is 10.0 Å². The van der Waals surface area contributed by atoms with Crippen LogP contribution in [0.4, 0.5) is 0 Å². The molecule has 0 aliphatic carbocycles. The van der Waals surface area contributed by atoms with Crippen LogP contribution in [0.5, 0.6) is 0 Å². The van der Waals surface area contributed by atoms with Crippen molar-refractivity contribution in [1.82, 2.24) is 8.87 Å². The van der Waals surface area contributed by atoms with E-state index in [0.29, 0.717) is 0 Å². The Morgan fingerprint density at radius 2 is 1.88 bits per heavy atom. The standard InChI is InChI=1S/C9H14N2O4S/c1-10-3-2-7(4-10)16(14,15)11-5-8(12)9(13)6-11/h2-4,8-9,12-13H,5-6H2,1H3. The Bertz CT molecular complexity index is 471. The average molecular weight is 246 g/mol. The number of aliphatic hydroxyl groups is 2. The molecule has 1 saturated heterocycles. The van der Waals surface area contributed by atoms with E-state index in [4.69, 9.17) is 0 Å². The summed E-state index contributed by atoms with van der Waals surface area (Å²) in [5.41, 5.74) is 0. The molecule has 0 radical (unpaired) electrons. The summed E-state index contributed by atoms with van der Waals surface area (Å²) < 4.78 is 26.8. The molecule has 0 saturated carbocycles. The molecule has 1 aromatic heterocycles. The van der Waals surface area contributed by atoms with Crippen molar-refractivity contribution in [2.24, 2.45) is 7.05 Å². The smallest absolute Gasteiger partial charge is 0.244 e. The van der Waals surface area contributed by atoms with Gasteiger partial charge in [0.25, 0.3) is 0 Å². The molecular weight excluding hydrogens is 232 g/mol. The predicted octanol–water partition coefficient (Wildman–Crippen LogP) is -1.25. The zero-order chi connectivity index (χ0) is 11.9. The number of rotatable bonds is 2. The van der Waals surface area contributed by atoms with Crippen molar-refractivity contribution in [3.05, 3.63) is 18.5 Å². The monoisotopic (exact) mass is 246 g/mol. The summed E-state index contributed by atoms with van der Waals surface area (Å²) in [6.45, 7) is -0.114. The first kappa shape index (κ1) is 11.6. The molecule has 7 heteroatoms. The Hall–Kier alpha value is -0.890. The molecule has 1 fully saturated rings. The highest BCUT2D eigenvalue weighted by Crippen LogP contribution is 2.21. The van der Waals surface area contributed by atoms with Crippen molar-refractivity contribution in [3.8, 4) is 0 Å². The van der Waals surface area contributed by atoms with E-state index in [1.54, 1.807) is 17.8 Å². The lowest BCUT2D eigenvalue weighted by molar-refractivity contribution is 0.0572. The summed E-state index contributed by atoms with van der Waals surface area (Å²) in [7, 11) is -1.86. The number of sulfonamides is 1. The number of hydrogen-bond acceptors (Lipinski definition) is 4. The van der Waals surface area contributed by atoms with Gasteiger partial charge in [-0.1, -0.05) is 0 Å². The number of aromatic nitrogens is 1. The molecule has 90 valence electrons. The van der Waals surface area contributed by atoms with Gasteiger partial charge in [0.15, 0.2) is 0 Å². The predicted molar refractivity (Wildman–Crippen MR) is 56.2 cm³/mol. The van der Waals surface area contributed by atoms with Gasteiger partial charge in [-0.2, -0.15) is 4.31 Å². The van der Waals surface area contributed by atoms with Gasteiger partial charge >= 0.3 is 0 Å². The highest BCUT2D eigenvalue weighted by atomic mass is 32.2. The van der Waals surface area contributed by atoms with Gasteiger partial charge in [0, 0.05) is 32.5 Å². The molecule has 2 atom stereocenters. The average Bonchev–Trinajstić information content (AvgIpc) is 2.75. The summed E-state index contributed by atoms with van der Waals surface area (Å²) in [6, 6.07) is 1.49. The van der Waals surface area contributed by atoms with E-state index in [1.807, 2.05) is 0 Å². The second-order valence-electron chi connectivity index (χ2n) is 3.97. The molecule has 2 rings (SSSR count). The highest BCUT2D eigenvalue weighted by molar-refractivity contribution is 7.89. The van der Waals surface area contributed by atoms with Gasteiger partial charge in [-0.05, 0) is 6.07 Å². The maximum Gasteiger partial charge on any atom is 0.244 e. The Morgan fingerprint density at radius 3 is 2.31 bits per heavy atom. The van der Waals surface area contributed by atoms with Gasteiger partial charge in [0.05, 0.1) is 17.1 Å². The Kier molecular flexibility index (Phi) is 2.79. The molecule has 16 heavy (non-hydrogen) atoms. The van der Waals surface area contributed by atoms with Crippen molar-refractivity contribution in [1.29, 1.82) is 0 Å². The maximum absolute atomic E-state index is 12.0. The lowest BCUT2D eigenvalue weighted by Crippen LogP contribution is -2.29. The number of nitrogens with zero attached hydrogens (tertiary/aromatic N) is 2. The van der Waals surface area contributed by atoms with E-state index in [-0.39, 0.29) is 18.0 Å². The van der Waals surface area contributed by atoms with Crippen LogP contribution in [0.25, 0.3) is 0 Å². The van der Waals surface area contributed by atoms with Crippen molar-refractivity contribution < 1.29 is 18.6 Å². The minimum absolute atomic E-state index is 0.0571. The van der Waals surface area contributed by atoms with E-state index < -0.39 is 22.2 Å². The fourth-order valence-electron chi connectivity index (χ4n) is 1.71. The van der Waals surface area contributed by atoms with Crippen LogP contribution in [-0.4, -0.2) is 52.8 Å². The first-order valence-corrected chi connectivity index (χ1v) is 6.33. The van der Waals surface area contributed by atoms with Gasteiger partial charge in [-0.3, -0.25) is 0 Å². The van der Waals surface area contributed by atoms with Crippen molar-refractivity contribution in [2.45, 2.75) is 17.1 Å². The van der Waals surface area contributed by atoms with Gasteiger partial charge in [0.1, 0.15) is 0 Å². The molecule has 1 aliphatic heterocycles. The van der Waals surface area contributed by atoms with Crippen LogP contribution in [0.3, 0.4) is 0 Å². The fraction of sp³-hybridized carbons (Fsp3) is 0.556. The molecule has 0 bridgehead atoms. The molecular formula is C9H14N2O4S. The third kappa shape index (κ3) is 1.86. The molecule has 0 amide bonds. The van der Waals surface area contributed by atoms with E-state index in [2.05, 4.69) is 0 Å². The second-order valence-corrected chi connectivity index (χ2v) is 5.91. The summed E-state index contributed by atoms with van der Waals surface area (Å²) in [5, 5.41) is 18.6. The van der Waals surface area contributed by atoms with Crippen LogP contribution >= 0.6 is 0 Å². The van der Waals surface area contributed by atoms with Crippen molar-refractivity contribution in [2.75, 3.05) is 13.1 Å². The summed E-state index contributed by atoms with van der Waals surface area (Å²) in [5.74, 6) is 0. The first-order chi connectivity index (χ1) is 7.41. The summed E-state index contributed by atoms with van der Waals surface area (Å²) in [4.78, 5) is 0.177.